The third-order valence-corrected chi connectivity index (χ3v) is 2.16. The summed E-state index contributed by atoms with van der Waals surface area (Å²) in [6.07, 6.45) is 5.87. The van der Waals surface area contributed by atoms with Crippen LogP contribution in [-0.4, -0.2) is 34.7 Å². The quantitative estimate of drug-likeness (QED) is 0.475. The van der Waals surface area contributed by atoms with Gasteiger partial charge in [0.2, 0.25) is 0 Å². The highest BCUT2D eigenvalue weighted by atomic mass is 16.5. The molecule has 0 saturated heterocycles. The fourth-order valence-electron chi connectivity index (χ4n) is 1.37. The molecule has 0 fully saturated rings. The number of nitrogens with zero attached hydrogens (tertiary/aromatic N) is 2. The van der Waals surface area contributed by atoms with Crippen molar-refractivity contribution in [1.29, 1.82) is 0 Å². The van der Waals surface area contributed by atoms with E-state index in [1.54, 1.807) is 17.0 Å². The molecule has 17 heavy (non-hydrogen) atoms. The standard InChI is InChI=1S/C11H14N2O4/c14-7-1-2-10-12-4-6-13(10)5-3-11(16)17-9-8-15/h4,6-8H,1-3,5,9H2. The summed E-state index contributed by atoms with van der Waals surface area (Å²) >= 11 is 0. The Labute approximate surface area is 98.6 Å². The molecule has 0 aromatic carbocycles. The molecule has 0 unspecified atom stereocenters. The van der Waals surface area contributed by atoms with E-state index in [-0.39, 0.29) is 13.0 Å². The number of hydrogen-bond donors (Lipinski definition) is 0. The lowest BCUT2D eigenvalue weighted by molar-refractivity contribution is -0.145. The van der Waals surface area contributed by atoms with Crippen LogP contribution in [0.5, 0.6) is 0 Å². The zero-order chi connectivity index (χ0) is 12.5. The first-order chi connectivity index (χ1) is 8.27. The molecular formula is C11H14N2O4. The van der Waals surface area contributed by atoms with Crippen molar-refractivity contribution >= 4 is 18.5 Å². The molecule has 0 aliphatic heterocycles. The van der Waals surface area contributed by atoms with Crippen molar-refractivity contribution in [3.8, 4) is 0 Å². The first-order valence-corrected chi connectivity index (χ1v) is 5.31. The summed E-state index contributed by atoms with van der Waals surface area (Å²) in [5.74, 6) is 0.340. The van der Waals surface area contributed by atoms with Crippen LogP contribution in [0, 0.1) is 0 Å². The van der Waals surface area contributed by atoms with Gasteiger partial charge in [-0.15, -0.1) is 0 Å². The van der Waals surface area contributed by atoms with E-state index >= 15 is 0 Å². The topological polar surface area (TPSA) is 78.3 Å². The van der Waals surface area contributed by atoms with Gasteiger partial charge in [0.05, 0.1) is 6.42 Å². The maximum absolute atomic E-state index is 11.2. The highest BCUT2D eigenvalue weighted by molar-refractivity contribution is 5.71. The lowest BCUT2D eigenvalue weighted by atomic mass is 10.3. The molecule has 92 valence electrons. The number of esters is 1. The lowest BCUT2D eigenvalue weighted by Gasteiger charge is -2.06. The van der Waals surface area contributed by atoms with Gasteiger partial charge < -0.3 is 14.1 Å². The molecule has 0 atom stereocenters. The second-order valence-corrected chi connectivity index (χ2v) is 3.34. The first-order valence-electron chi connectivity index (χ1n) is 5.31. The van der Waals surface area contributed by atoms with Crippen LogP contribution >= 0.6 is 0 Å². The largest absolute Gasteiger partial charge is 0.458 e. The zero-order valence-corrected chi connectivity index (χ0v) is 9.37. The minimum absolute atomic E-state index is 0.179. The first kappa shape index (κ1) is 13.1. The SMILES string of the molecule is O=CCCc1nccn1CCC(=O)OCC=O. The van der Waals surface area contributed by atoms with E-state index in [1.807, 2.05) is 0 Å². The number of aldehydes is 2. The van der Waals surface area contributed by atoms with Crippen LogP contribution in [0.25, 0.3) is 0 Å². The van der Waals surface area contributed by atoms with Gasteiger partial charge in [-0.3, -0.25) is 9.59 Å². The molecular weight excluding hydrogens is 224 g/mol. The second-order valence-electron chi connectivity index (χ2n) is 3.34. The molecule has 0 bridgehead atoms. The van der Waals surface area contributed by atoms with Crippen LogP contribution in [0.15, 0.2) is 12.4 Å². The molecule has 0 amide bonds. The molecule has 1 rings (SSSR count). The number of carbonyl (C=O) groups is 3. The van der Waals surface area contributed by atoms with Crippen molar-refractivity contribution in [2.24, 2.45) is 0 Å². The predicted octanol–water partition coefficient (Wildman–Crippen LogP) is 0.147. The minimum atomic E-state index is -0.424. The van der Waals surface area contributed by atoms with Gasteiger partial charge in [0, 0.05) is 31.8 Å². The molecule has 0 N–H and O–H groups in total. The fourth-order valence-corrected chi connectivity index (χ4v) is 1.37. The molecule has 1 heterocycles. The predicted molar refractivity (Wildman–Crippen MR) is 58.3 cm³/mol. The summed E-state index contributed by atoms with van der Waals surface area (Å²) in [7, 11) is 0. The summed E-state index contributed by atoms with van der Waals surface area (Å²) < 4.78 is 6.41. The molecule has 1 aromatic rings. The highest BCUT2D eigenvalue weighted by Crippen LogP contribution is 2.02. The Bertz CT molecular complexity index is 387. The number of imidazole rings is 1. The van der Waals surface area contributed by atoms with Gasteiger partial charge in [-0.2, -0.15) is 0 Å². The van der Waals surface area contributed by atoms with Gasteiger partial charge in [-0.1, -0.05) is 0 Å². The van der Waals surface area contributed by atoms with Gasteiger partial charge in [0.15, 0.2) is 6.29 Å². The summed E-state index contributed by atoms with van der Waals surface area (Å²) in [6, 6.07) is 0. The van der Waals surface area contributed by atoms with Crippen LogP contribution in [0.1, 0.15) is 18.7 Å². The van der Waals surface area contributed by atoms with Crippen molar-refractivity contribution in [3.05, 3.63) is 18.2 Å². The maximum Gasteiger partial charge on any atom is 0.308 e. The number of rotatable bonds is 8. The van der Waals surface area contributed by atoms with Gasteiger partial charge >= 0.3 is 5.97 Å². The molecule has 0 aliphatic rings. The number of aromatic nitrogens is 2. The van der Waals surface area contributed by atoms with Gasteiger partial charge in [-0.05, 0) is 0 Å². The second kappa shape index (κ2) is 7.32. The monoisotopic (exact) mass is 238 g/mol. The summed E-state index contributed by atoms with van der Waals surface area (Å²) in [5, 5.41) is 0. The highest BCUT2D eigenvalue weighted by Gasteiger charge is 2.06. The summed E-state index contributed by atoms with van der Waals surface area (Å²) in [4.78, 5) is 35.5. The molecule has 0 aliphatic carbocycles. The van der Waals surface area contributed by atoms with E-state index in [2.05, 4.69) is 9.72 Å². The molecule has 0 spiro atoms. The van der Waals surface area contributed by atoms with Crippen LogP contribution in [0.4, 0.5) is 0 Å². The average molecular weight is 238 g/mol. The van der Waals surface area contributed by atoms with Crippen molar-refractivity contribution in [2.75, 3.05) is 6.61 Å². The molecule has 6 nitrogen and oxygen atoms in total. The number of aryl methyl sites for hydroxylation is 2. The lowest BCUT2D eigenvalue weighted by Crippen LogP contribution is -2.12. The molecule has 0 saturated carbocycles. The minimum Gasteiger partial charge on any atom is -0.458 e. The van der Waals surface area contributed by atoms with Crippen LogP contribution in [0.2, 0.25) is 0 Å². The van der Waals surface area contributed by atoms with E-state index < -0.39 is 5.97 Å². The number of hydrogen-bond acceptors (Lipinski definition) is 5. The molecule has 6 heteroatoms. The van der Waals surface area contributed by atoms with Crippen molar-refractivity contribution in [2.45, 2.75) is 25.8 Å². The van der Waals surface area contributed by atoms with E-state index in [0.29, 0.717) is 25.7 Å². The normalized spacial score (nSPS) is 9.88. The average Bonchev–Trinajstić information content (AvgIpc) is 2.78. The van der Waals surface area contributed by atoms with Crippen molar-refractivity contribution in [3.63, 3.8) is 0 Å². The van der Waals surface area contributed by atoms with Crippen molar-refractivity contribution < 1.29 is 19.1 Å². The van der Waals surface area contributed by atoms with Gasteiger partial charge in [-0.25, -0.2) is 4.98 Å². The van der Waals surface area contributed by atoms with Gasteiger partial charge in [0.25, 0.3) is 0 Å². The van der Waals surface area contributed by atoms with E-state index in [4.69, 9.17) is 0 Å². The number of ether oxygens (including phenoxy) is 1. The smallest absolute Gasteiger partial charge is 0.308 e. The van der Waals surface area contributed by atoms with Crippen LogP contribution in [0.3, 0.4) is 0 Å². The Hall–Kier alpha value is -1.98. The fraction of sp³-hybridized carbons (Fsp3) is 0.455. The van der Waals surface area contributed by atoms with Crippen LogP contribution in [-0.2, 0) is 32.1 Å². The van der Waals surface area contributed by atoms with E-state index in [0.717, 1.165) is 12.1 Å². The van der Waals surface area contributed by atoms with E-state index in [1.165, 1.54) is 0 Å². The van der Waals surface area contributed by atoms with Gasteiger partial charge in [0.1, 0.15) is 18.7 Å². The Morgan fingerprint density at radius 3 is 2.94 bits per heavy atom. The Balaban J connectivity index is 2.40. The van der Waals surface area contributed by atoms with Crippen molar-refractivity contribution in [1.82, 2.24) is 9.55 Å². The third-order valence-electron chi connectivity index (χ3n) is 2.16. The Kier molecular flexibility index (Phi) is 5.63. The Morgan fingerprint density at radius 2 is 2.24 bits per heavy atom. The van der Waals surface area contributed by atoms with Crippen LogP contribution < -0.4 is 0 Å². The maximum atomic E-state index is 11.2. The molecule has 0 radical (unpaired) electrons. The Morgan fingerprint density at radius 1 is 1.41 bits per heavy atom. The summed E-state index contributed by atoms with van der Waals surface area (Å²) in [5.41, 5.74) is 0. The number of carbonyl (C=O) groups excluding carboxylic acids is 3. The summed E-state index contributed by atoms with van der Waals surface area (Å²) in [6.45, 7) is 0.229. The third kappa shape index (κ3) is 4.58. The molecule has 1 aromatic heterocycles. The zero-order valence-electron chi connectivity index (χ0n) is 9.37. The van der Waals surface area contributed by atoms with E-state index in [9.17, 15) is 14.4 Å².